The van der Waals surface area contributed by atoms with Crippen LogP contribution in [0.1, 0.15) is 0 Å². The molecule has 1 aromatic rings. The third-order valence-electron chi connectivity index (χ3n) is 0.974. The van der Waals surface area contributed by atoms with Crippen molar-refractivity contribution in [3.8, 4) is 5.75 Å². The second-order valence-electron chi connectivity index (χ2n) is 2.02. The van der Waals surface area contributed by atoms with E-state index in [4.69, 9.17) is 9.84 Å². The molecule has 0 aliphatic rings. The Hall–Kier alpha value is -0.580. The molecule has 0 bridgehead atoms. The van der Waals surface area contributed by atoms with E-state index in [0.717, 1.165) is 0 Å². The second kappa shape index (κ2) is 6.81. The minimum Gasteiger partial charge on any atom is -0.468 e. The summed E-state index contributed by atoms with van der Waals surface area (Å²) in [6.07, 6.45) is 0. The molecule has 0 amide bonds. The molecule has 80 valence electrons. The van der Waals surface area contributed by atoms with Crippen LogP contribution in [-0.2, 0) is 0 Å². The molecule has 0 saturated carbocycles. The van der Waals surface area contributed by atoms with Crippen LogP contribution in [0.3, 0.4) is 0 Å². The quantitative estimate of drug-likeness (QED) is 0.641. The van der Waals surface area contributed by atoms with Crippen LogP contribution in [0.25, 0.3) is 0 Å². The van der Waals surface area contributed by atoms with Crippen molar-refractivity contribution < 1.29 is 18.6 Å². The number of hydrogen-bond donors (Lipinski definition) is 1. The van der Waals surface area contributed by atoms with E-state index < -0.39 is 4.84 Å². The molecule has 6 heteroatoms. The smallest absolute Gasteiger partial charge is 0.401 e. The number of hydrogen-bond acceptors (Lipinski definition) is 2. The van der Waals surface area contributed by atoms with Gasteiger partial charge in [0.15, 0.2) is 6.79 Å². The van der Waals surface area contributed by atoms with Crippen molar-refractivity contribution in [1.82, 2.24) is 0 Å². The Labute approximate surface area is 90.0 Å². The minimum absolute atomic E-state index is 0.260. The van der Waals surface area contributed by atoms with Gasteiger partial charge in [0.05, 0.1) is 0 Å². The van der Waals surface area contributed by atoms with Gasteiger partial charge in [-0.2, -0.15) is 8.78 Å². The maximum Gasteiger partial charge on any atom is 0.401 e. The molecule has 0 atom stereocenters. The zero-order valence-corrected chi connectivity index (χ0v) is 8.47. The lowest BCUT2D eigenvalue weighted by Crippen LogP contribution is -1.93. The van der Waals surface area contributed by atoms with Crippen molar-refractivity contribution in [2.75, 3.05) is 6.79 Å². The molecule has 14 heavy (non-hydrogen) atoms. The molecule has 0 heterocycles. The Bertz CT molecular complexity index is 233. The van der Waals surface area contributed by atoms with Gasteiger partial charge >= 0.3 is 4.84 Å². The van der Waals surface area contributed by atoms with Gasteiger partial charge in [-0.1, -0.05) is 18.2 Å². The van der Waals surface area contributed by atoms with Gasteiger partial charge < -0.3 is 9.84 Å². The summed E-state index contributed by atoms with van der Waals surface area (Å²) >= 11 is 7.92. The van der Waals surface area contributed by atoms with Crippen LogP contribution >= 0.6 is 23.2 Å². The van der Waals surface area contributed by atoms with Gasteiger partial charge in [0.2, 0.25) is 0 Å². The molecule has 1 aromatic carbocycles. The highest BCUT2D eigenvalue weighted by Crippen LogP contribution is 2.22. The van der Waals surface area contributed by atoms with Crippen molar-refractivity contribution in [2.24, 2.45) is 0 Å². The summed E-state index contributed by atoms with van der Waals surface area (Å²) in [6.45, 7) is -0.260. The first-order valence-electron chi connectivity index (χ1n) is 3.48. The number of halogens is 4. The number of rotatable bonds is 2. The molecule has 0 unspecified atom stereocenters. The number of aliphatic hydroxyl groups is 1. The summed E-state index contributed by atoms with van der Waals surface area (Å²) in [5.74, 6) is 0.694. The van der Waals surface area contributed by atoms with E-state index >= 15 is 0 Å². The van der Waals surface area contributed by atoms with E-state index in [9.17, 15) is 8.78 Å². The van der Waals surface area contributed by atoms with Gasteiger partial charge in [0.1, 0.15) is 5.75 Å². The van der Waals surface area contributed by atoms with E-state index in [0.29, 0.717) is 5.75 Å². The highest BCUT2D eigenvalue weighted by Gasteiger charge is 2.17. The van der Waals surface area contributed by atoms with E-state index in [2.05, 4.69) is 23.2 Å². The lowest BCUT2D eigenvalue weighted by molar-refractivity contribution is 0.0985. The van der Waals surface area contributed by atoms with Gasteiger partial charge in [0.25, 0.3) is 0 Å². The van der Waals surface area contributed by atoms with Crippen molar-refractivity contribution in [2.45, 2.75) is 4.84 Å². The molecule has 0 spiro atoms. The van der Waals surface area contributed by atoms with Crippen molar-refractivity contribution >= 4 is 23.2 Å². The maximum atomic E-state index is 10.6. The zero-order valence-electron chi connectivity index (χ0n) is 6.96. The molecule has 0 fully saturated rings. The molecule has 0 aliphatic carbocycles. The average molecular weight is 245 g/mol. The third-order valence-corrected chi connectivity index (χ3v) is 0.974. The largest absolute Gasteiger partial charge is 0.468 e. The first kappa shape index (κ1) is 13.4. The topological polar surface area (TPSA) is 29.5 Å². The highest BCUT2D eigenvalue weighted by atomic mass is 35.5. The summed E-state index contributed by atoms with van der Waals surface area (Å²) in [6, 6.07) is 9.17. The molecule has 0 aliphatic heterocycles. The van der Waals surface area contributed by atoms with Crippen molar-refractivity contribution in [3.05, 3.63) is 30.3 Å². The summed E-state index contributed by atoms with van der Waals surface area (Å²) < 4.78 is 25.9. The normalized spacial score (nSPS) is 10.1. The monoisotopic (exact) mass is 244 g/mol. The Kier molecular flexibility index (Phi) is 6.53. The lowest BCUT2D eigenvalue weighted by Gasteiger charge is -1.98. The van der Waals surface area contributed by atoms with E-state index in [1.54, 1.807) is 12.1 Å². The fourth-order valence-electron chi connectivity index (χ4n) is 0.591. The molecular formula is C8H8Cl2F2O2. The Morgan fingerprint density at radius 2 is 1.64 bits per heavy atom. The van der Waals surface area contributed by atoms with Crippen molar-refractivity contribution in [3.63, 3.8) is 0 Å². The summed E-state index contributed by atoms with van der Waals surface area (Å²) in [4.78, 5) is -3.56. The molecule has 0 radical (unpaired) electrons. The predicted molar refractivity (Wildman–Crippen MR) is 50.8 cm³/mol. The number of para-hydroxylation sites is 1. The summed E-state index contributed by atoms with van der Waals surface area (Å²) in [7, 11) is 0. The van der Waals surface area contributed by atoms with Gasteiger partial charge in [-0.15, -0.1) is 0 Å². The fourth-order valence-corrected chi connectivity index (χ4v) is 0.591. The average Bonchev–Trinajstić information content (AvgIpc) is 2.03. The lowest BCUT2D eigenvalue weighted by atomic mass is 10.3. The van der Waals surface area contributed by atoms with Crippen LogP contribution in [0.4, 0.5) is 8.78 Å². The van der Waals surface area contributed by atoms with Gasteiger partial charge in [0, 0.05) is 0 Å². The van der Waals surface area contributed by atoms with E-state index in [1.165, 1.54) is 0 Å². The molecule has 0 aromatic heterocycles. The molecule has 1 rings (SSSR count). The summed E-state index contributed by atoms with van der Waals surface area (Å²) in [5, 5.41) is 8.30. The number of ether oxygens (including phenoxy) is 1. The third kappa shape index (κ3) is 11.4. The zero-order chi connectivity index (χ0) is 11.0. The van der Waals surface area contributed by atoms with Gasteiger partial charge in [-0.3, -0.25) is 0 Å². The van der Waals surface area contributed by atoms with E-state index in [1.807, 2.05) is 18.2 Å². The highest BCUT2D eigenvalue weighted by molar-refractivity contribution is 6.45. The Morgan fingerprint density at radius 3 is 2.00 bits per heavy atom. The number of benzene rings is 1. The van der Waals surface area contributed by atoms with Crippen LogP contribution in [0, 0.1) is 0 Å². The standard InChI is InChI=1S/C7H8O2.CCl2F2/c8-6-9-7-4-2-1-3-5-7;2-1(3,4)5/h1-5,8H,6H2;. The second-order valence-corrected chi connectivity index (χ2v) is 3.16. The Balaban J connectivity index is 0.000000292. The van der Waals surface area contributed by atoms with Crippen LogP contribution in [0.2, 0.25) is 0 Å². The number of aliphatic hydroxyl groups excluding tert-OH is 1. The SMILES string of the molecule is FC(F)(Cl)Cl.OCOc1ccccc1. The maximum absolute atomic E-state index is 10.6. The first-order chi connectivity index (χ1) is 6.43. The summed E-state index contributed by atoms with van der Waals surface area (Å²) in [5.41, 5.74) is 0. The molecule has 2 nitrogen and oxygen atoms in total. The van der Waals surface area contributed by atoms with Gasteiger partial charge in [-0.25, -0.2) is 0 Å². The van der Waals surface area contributed by atoms with Crippen LogP contribution in [-0.4, -0.2) is 16.7 Å². The molecular weight excluding hydrogens is 237 g/mol. The van der Waals surface area contributed by atoms with Crippen LogP contribution in [0.15, 0.2) is 30.3 Å². The van der Waals surface area contributed by atoms with E-state index in [-0.39, 0.29) is 6.79 Å². The van der Waals surface area contributed by atoms with Crippen LogP contribution in [0.5, 0.6) is 5.75 Å². The fraction of sp³-hybridized carbons (Fsp3) is 0.250. The van der Waals surface area contributed by atoms with Gasteiger partial charge in [-0.05, 0) is 35.3 Å². The first-order valence-corrected chi connectivity index (χ1v) is 4.23. The molecule has 0 saturated heterocycles. The van der Waals surface area contributed by atoms with Crippen molar-refractivity contribution in [1.29, 1.82) is 0 Å². The predicted octanol–water partition coefficient (Wildman–Crippen LogP) is 3.03. The molecule has 1 N–H and O–H groups in total. The number of alkyl halides is 4. The minimum atomic E-state index is -3.56. The Morgan fingerprint density at radius 1 is 1.21 bits per heavy atom. The van der Waals surface area contributed by atoms with Crippen LogP contribution < -0.4 is 4.74 Å².